The molecule has 0 spiro atoms. The fourth-order valence-electron chi connectivity index (χ4n) is 4.52. The number of amides is 1. The van der Waals surface area contributed by atoms with Crippen LogP contribution < -0.4 is 16.0 Å². The smallest absolute Gasteiger partial charge is 0.225 e. The van der Waals surface area contributed by atoms with Crippen LogP contribution in [0.25, 0.3) is 0 Å². The average molecular weight is 388 g/mol. The Morgan fingerprint density at radius 3 is 2.52 bits per heavy atom. The van der Waals surface area contributed by atoms with Crippen molar-refractivity contribution in [1.29, 1.82) is 0 Å². The molecule has 0 heterocycles. The number of nitrogens with one attached hydrogen (secondary N) is 1. The van der Waals surface area contributed by atoms with E-state index in [0.29, 0.717) is 18.4 Å². The van der Waals surface area contributed by atoms with Crippen LogP contribution >= 0.6 is 24.8 Å². The average Bonchev–Trinajstić information content (AvgIpc) is 3.13. The zero-order chi connectivity index (χ0) is 16.4. The van der Waals surface area contributed by atoms with E-state index < -0.39 is 0 Å². The van der Waals surface area contributed by atoms with Gasteiger partial charge in [-0.1, -0.05) is 18.2 Å². The maximum absolute atomic E-state index is 12.5. The van der Waals surface area contributed by atoms with Crippen LogP contribution in [-0.4, -0.2) is 31.6 Å². The summed E-state index contributed by atoms with van der Waals surface area (Å²) in [5.41, 5.74) is 8.79. The van der Waals surface area contributed by atoms with Crippen molar-refractivity contribution in [3.63, 3.8) is 0 Å². The number of anilines is 1. The Labute approximate surface area is 163 Å². The number of hydrogen-bond donors (Lipinski definition) is 2. The predicted octanol–water partition coefficient (Wildman–Crippen LogP) is 3.15. The van der Waals surface area contributed by atoms with Crippen molar-refractivity contribution >= 4 is 36.4 Å². The van der Waals surface area contributed by atoms with E-state index >= 15 is 0 Å². The van der Waals surface area contributed by atoms with Crippen LogP contribution in [0.1, 0.15) is 31.7 Å². The van der Waals surface area contributed by atoms with Crippen molar-refractivity contribution in [3.05, 3.63) is 29.8 Å². The van der Waals surface area contributed by atoms with Crippen LogP contribution in [-0.2, 0) is 4.79 Å². The second-order valence-electron chi connectivity index (χ2n) is 7.09. The van der Waals surface area contributed by atoms with Gasteiger partial charge in [-0.25, -0.2) is 0 Å². The summed E-state index contributed by atoms with van der Waals surface area (Å²) in [4.78, 5) is 14.8. The Morgan fingerprint density at radius 1 is 1.24 bits per heavy atom. The molecule has 2 saturated carbocycles. The molecule has 25 heavy (non-hydrogen) atoms. The lowest BCUT2D eigenvalue weighted by Gasteiger charge is -2.28. The van der Waals surface area contributed by atoms with Gasteiger partial charge >= 0.3 is 0 Å². The van der Waals surface area contributed by atoms with E-state index in [9.17, 15) is 4.79 Å². The number of carbonyl (C=O) groups excluding carboxylic acids is 1. The monoisotopic (exact) mass is 387 g/mol. The summed E-state index contributed by atoms with van der Waals surface area (Å²) in [6, 6.07) is 8.48. The van der Waals surface area contributed by atoms with Gasteiger partial charge in [-0.2, -0.15) is 0 Å². The Hall–Kier alpha value is -0.970. The van der Waals surface area contributed by atoms with Gasteiger partial charge < -0.3 is 16.0 Å². The molecule has 1 amide bonds. The quantitative estimate of drug-likeness (QED) is 0.787. The minimum Gasteiger partial charge on any atom is -0.370 e. The maximum atomic E-state index is 12.5. The van der Waals surface area contributed by atoms with Crippen molar-refractivity contribution in [1.82, 2.24) is 5.32 Å². The second-order valence-corrected chi connectivity index (χ2v) is 7.09. The van der Waals surface area contributed by atoms with E-state index in [4.69, 9.17) is 5.73 Å². The largest absolute Gasteiger partial charge is 0.370 e. The highest BCUT2D eigenvalue weighted by Gasteiger charge is 2.48. The predicted molar refractivity (Wildman–Crippen MR) is 109 cm³/mol. The van der Waals surface area contributed by atoms with E-state index in [-0.39, 0.29) is 42.7 Å². The minimum absolute atomic E-state index is 0. The van der Waals surface area contributed by atoms with Crippen molar-refractivity contribution < 1.29 is 4.79 Å². The number of carbonyl (C=O) groups is 1. The van der Waals surface area contributed by atoms with Gasteiger partial charge in [0.05, 0.1) is 5.92 Å². The number of aryl methyl sites for hydroxylation is 1. The molecule has 3 rings (SSSR count). The molecule has 0 aromatic heterocycles. The topological polar surface area (TPSA) is 58.4 Å². The molecule has 2 aliphatic rings. The van der Waals surface area contributed by atoms with Gasteiger partial charge in [0, 0.05) is 31.4 Å². The fraction of sp³-hybridized carbons (Fsp3) is 0.632. The summed E-state index contributed by atoms with van der Waals surface area (Å²) in [5, 5.41) is 3.13. The molecule has 3 N–H and O–H groups in total. The molecule has 0 aliphatic heterocycles. The number of fused-ring (bicyclic) bond motifs is 2. The number of hydrogen-bond acceptors (Lipinski definition) is 3. The van der Waals surface area contributed by atoms with Crippen LogP contribution in [0.4, 0.5) is 5.69 Å². The molecule has 142 valence electrons. The molecule has 2 aliphatic carbocycles. The number of rotatable bonds is 6. The summed E-state index contributed by atoms with van der Waals surface area (Å²) >= 11 is 0. The molecule has 0 saturated heterocycles. The zero-order valence-corrected chi connectivity index (χ0v) is 16.7. The van der Waals surface area contributed by atoms with Crippen molar-refractivity contribution in [2.45, 2.75) is 39.2 Å². The fourth-order valence-corrected chi connectivity index (χ4v) is 4.52. The number of likely N-dealkylation sites (N-methyl/N-ethyl adjacent to an activating group) is 1. The third-order valence-corrected chi connectivity index (χ3v) is 5.80. The first-order valence-electron chi connectivity index (χ1n) is 8.95. The third-order valence-electron chi connectivity index (χ3n) is 5.80. The number of halogens is 2. The van der Waals surface area contributed by atoms with E-state index in [1.807, 2.05) is 0 Å². The minimum atomic E-state index is 0. The van der Waals surface area contributed by atoms with Crippen LogP contribution in [0.2, 0.25) is 0 Å². The molecule has 4 atom stereocenters. The van der Waals surface area contributed by atoms with Crippen molar-refractivity contribution in [2.75, 3.05) is 24.5 Å². The van der Waals surface area contributed by atoms with Gasteiger partial charge in [0.2, 0.25) is 5.91 Å². The van der Waals surface area contributed by atoms with Gasteiger partial charge in [-0.15, -0.1) is 24.8 Å². The van der Waals surface area contributed by atoms with Gasteiger partial charge in [-0.05, 0) is 56.6 Å². The summed E-state index contributed by atoms with van der Waals surface area (Å²) in [7, 11) is 0. The third kappa shape index (κ3) is 4.60. The highest BCUT2D eigenvalue weighted by Crippen LogP contribution is 2.47. The Morgan fingerprint density at radius 2 is 1.92 bits per heavy atom. The summed E-state index contributed by atoms with van der Waals surface area (Å²) in [6.45, 7) is 6.74. The summed E-state index contributed by atoms with van der Waals surface area (Å²) in [6.07, 6.45) is 3.55. The Kier molecular flexibility index (Phi) is 8.52. The first-order chi connectivity index (χ1) is 11.1. The van der Waals surface area contributed by atoms with Crippen LogP contribution in [0, 0.1) is 24.7 Å². The Bertz CT molecular complexity index is 567. The van der Waals surface area contributed by atoms with Gasteiger partial charge in [-0.3, -0.25) is 4.79 Å². The second kappa shape index (κ2) is 9.65. The number of benzene rings is 1. The van der Waals surface area contributed by atoms with Crippen molar-refractivity contribution in [3.8, 4) is 0 Å². The van der Waals surface area contributed by atoms with E-state index in [2.05, 4.69) is 48.3 Å². The first-order valence-corrected chi connectivity index (χ1v) is 8.95. The van der Waals surface area contributed by atoms with Crippen LogP contribution in [0.15, 0.2) is 24.3 Å². The highest BCUT2D eigenvalue weighted by atomic mass is 35.5. The van der Waals surface area contributed by atoms with Gasteiger partial charge in [0.15, 0.2) is 0 Å². The molecule has 2 bridgehead atoms. The lowest BCUT2D eigenvalue weighted by Crippen LogP contribution is -2.46. The number of para-hydroxylation sites is 1. The normalized spacial score (nSPS) is 26.5. The van der Waals surface area contributed by atoms with E-state index in [0.717, 1.165) is 19.5 Å². The molecule has 1 aromatic carbocycles. The molecule has 1 aromatic rings. The number of nitrogens with two attached hydrogens (primary N) is 1. The zero-order valence-electron chi connectivity index (χ0n) is 15.1. The molecule has 6 heteroatoms. The van der Waals surface area contributed by atoms with E-state index in [1.165, 1.54) is 24.1 Å². The lowest BCUT2D eigenvalue weighted by molar-refractivity contribution is -0.126. The standard InChI is InChI=1S/C19H29N3O.2ClH/c1-3-22(16-7-5-4-6-13(16)2)11-10-21-19(23)17-14-8-9-15(12-14)18(17)20;;/h4-7,14-15,17-18H,3,8-12,20H2,1-2H3,(H,21,23);2*1H. The van der Waals surface area contributed by atoms with E-state index in [1.54, 1.807) is 0 Å². The number of nitrogens with zero attached hydrogens (tertiary/aromatic N) is 1. The van der Waals surface area contributed by atoms with Crippen LogP contribution in [0.5, 0.6) is 0 Å². The molecular formula is C19H31Cl2N3O. The first kappa shape index (κ1) is 22.1. The maximum Gasteiger partial charge on any atom is 0.225 e. The summed E-state index contributed by atoms with van der Waals surface area (Å²) < 4.78 is 0. The van der Waals surface area contributed by atoms with Gasteiger partial charge in [0.25, 0.3) is 0 Å². The SMILES string of the molecule is CCN(CCNC(=O)C1C2CCC(C2)C1N)c1ccccc1C.Cl.Cl. The van der Waals surface area contributed by atoms with Crippen molar-refractivity contribution in [2.24, 2.45) is 23.5 Å². The molecule has 4 unspecified atom stereocenters. The lowest BCUT2D eigenvalue weighted by atomic mass is 9.84. The van der Waals surface area contributed by atoms with Crippen LogP contribution in [0.3, 0.4) is 0 Å². The van der Waals surface area contributed by atoms with Gasteiger partial charge in [0.1, 0.15) is 0 Å². The summed E-state index contributed by atoms with van der Waals surface area (Å²) in [5.74, 6) is 1.32. The highest BCUT2D eigenvalue weighted by molar-refractivity contribution is 5.85. The molecular weight excluding hydrogens is 357 g/mol. The molecule has 2 fully saturated rings. The Balaban J connectivity index is 0.00000156. The molecule has 0 radical (unpaired) electrons. The molecule has 4 nitrogen and oxygen atoms in total.